The highest BCUT2D eigenvalue weighted by atomic mass is 35.5. The molecule has 2 fully saturated rings. The zero-order chi connectivity index (χ0) is 22.2. The first-order valence-corrected chi connectivity index (χ1v) is 11.9. The summed E-state index contributed by atoms with van der Waals surface area (Å²) in [4.78, 5) is 26.8. The van der Waals surface area contributed by atoms with Crippen molar-refractivity contribution < 1.29 is 4.79 Å². The molecule has 5 rings (SSSR count). The lowest BCUT2D eigenvalue weighted by Gasteiger charge is -2.24. The van der Waals surface area contributed by atoms with E-state index in [1.807, 2.05) is 40.0 Å². The Morgan fingerprint density at radius 2 is 2.00 bits per heavy atom. The summed E-state index contributed by atoms with van der Waals surface area (Å²) in [5.74, 6) is 2.89. The molecule has 0 bridgehead atoms. The molecule has 0 spiro atoms. The molecular weight excluding hydrogens is 424 g/mol. The lowest BCUT2D eigenvalue weighted by Crippen LogP contribution is -2.36. The Hall–Kier alpha value is -2.67. The van der Waals surface area contributed by atoms with E-state index in [2.05, 4.69) is 23.8 Å². The van der Waals surface area contributed by atoms with E-state index < -0.39 is 0 Å². The number of carbonyl (C=O) groups is 1. The highest BCUT2D eigenvalue weighted by molar-refractivity contribution is 6.30. The van der Waals surface area contributed by atoms with Gasteiger partial charge in [0, 0.05) is 43.5 Å². The second-order valence-corrected chi connectivity index (χ2v) is 9.71. The molecule has 0 atom stereocenters. The summed E-state index contributed by atoms with van der Waals surface area (Å²) in [5.41, 5.74) is 1.70. The number of hydrogen-bond donors (Lipinski definition) is 0. The van der Waals surface area contributed by atoms with Crippen LogP contribution >= 0.6 is 11.6 Å². The number of aromatic nitrogens is 4. The molecule has 7 nitrogen and oxygen atoms in total. The van der Waals surface area contributed by atoms with Crippen molar-refractivity contribution in [3.05, 3.63) is 41.3 Å². The lowest BCUT2D eigenvalue weighted by molar-refractivity contribution is -0.131. The van der Waals surface area contributed by atoms with Crippen molar-refractivity contribution in [2.24, 2.45) is 5.92 Å². The van der Waals surface area contributed by atoms with Crippen molar-refractivity contribution in [1.82, 2.24) is 24.6 Å². The first-order chi connectivity index (χ1) is 15.5. The van der Waals surface area contributed by atoms with Crippen molar-refractivity contribution in [3.63, 3.8) is 0 Å². The molecule has 2 aromatic heterocycles. The third kappa shape index (κ3) is 4.31. The Labute approximate surface area is 193 Å². The summed E-state index contributed by atoms with van der Waals surface area (Å²) >= 11 is 6.23. The fourth-order valence-electron chi connectivity index (χ4n) is 4.33. The number of hydrogen-bond acceptors (Lipinski definition) is 5. The van der Waals surface area contributed by atoms with Crippen LogP contribution in [0.1, 0.15) is 51.3 Å². The molecule has 0 N–H and O–H groups in total. The van der Waals surface area contributed by atoms with Gasteiger partial charge in [0.1, 0.15) is 11.6 Å². The topological polar surface area (TPSA) is 67.2 Å². The van der Waals surface area contributed by atoms with Crippen molar-refractivity contribution in [2.45, 2.75) is 45.4 Å². The first kappa shape index (κ1) is 21.2. The molecule has 3 heterocycles. The summed E-state index contributed by atoms with van der Waals surface area (Å²) in [6, 6.07) is 7.67. The van der Waals surface area contributed by atoms with Crippen LogP contribution in [-0.4, -0.2) is 56.7 Å². The maximum absolute atomic E-state index is 12.6. The molecule has 1 saturated heterocycles. The van der Waals surface area contributed by atoms with E-state index >= 15 is 0 Å². The van der Waals surface area contributed by atoms with Gasteiger partial charge in [0.15, 0.2) is 5.65 Å². The minimum atomic E-state index is 0.252. The van der Waals surface area contributed by atoms with Gasteiger partial charge in [0.25, 0.3) is 0 Å². The number of halogens is 1. The predicted octanol–water partition coefficient (Wildman–Crippen LogP) is 4.43. The number of carbonyl (C=O) groups excluding carboxylic acids is 1. The highest BCUT2D eigenvalue weighted by Gasteiger charge is 2.30. The molecular formula is C24H29ClN6O. The summed E-state index contributed by atoms with van der Waals surface area (Å²) in [6.07, 6.45) is 5.66. The van der Waals surface area contributed by atoms with Crippen LogP contribution in [-0.2, 0) is 4.79 Å². The Bertz CT molecular complexity index is 1140. The molecule has 8 heteroatoms. The summed E-state index contributed by atoms with van der Waals surface area (Å²) in [6.45, 7) is 7.34. The van der Waals surface area contributed by atoms with Crippen LogP contribution in [0.15, 0.2) is 30.5 Å². The van der Waals surface area contributed by atoms with Gasteiger partial charge in [0.2, 0.25) is 5.91 Å². The number of amides is 1. The quantitative estimate of drug-likeness (QED) is 0.572. The number of rotatable bonds is 5. The predicted molar refractivity (Wildman–Crippen MR) is 127 cm³/mol. The summed E-state index contributed by atoms with van der Waals surface area (Å²) in [5, 5.41) is 6.26. The van der Waals surface area contributed by atoms with Gasteiger partial charge in [-0.15, -0.1) is 0 Å². The molecule has 1 aliphatic heterocycles. The Balaban J connectivity index is 1.49. The molecule has 0 unspecified atom stereocenters. The van der Waals surface area contributed by atoms with Gasteiger partial charge in [-0.05, 0) is 43.4 Å². The number of fused-ring (bicyclic) bond motifs is 1. The van der Waals surface area contributed by atoms with Gasteiger partial charge in [-0.2, -0.15) is 5.10 Å². The minimum absolute atomic E-state index is 0.252. The van der Waals surface area contributed by atoms with Crippen molar-refractivity contribution in [3.8, 4) is 5.69 Å². The molecule has 1 aliphatic carbocycles. The summed E-state index contributed by atoms with van der Waals surface area (Å²) in [7, 11) is 0. The molecule has 32 heavy (non-hydrogen) atoms. The average molecular weight is 453 g/mol. The number of nitrogens with zero attached hydrogens (tertiary/aromatic N) is 6. The van der Waals surface area contributed by atoms with Gasteiger partial charge in [0.05, 0.1) is 17.3 Å². The smallest absolute Gasteiger partial charge is 0.222 e. The van der Waals surface area contributed by atoms with Crippen LogP contribution in [0.5, 0.6) is 0 Å². The maximum atomic E-state index is 12.6. The van der Waals surface area contributed by atoms with Crippen molar-refractivity contribution in [2.75, 3.05) is 31.1 Å². The molecule has 1 saturated carbocycles. The maximum Gasteiger partial charge on any atom is 0.222 e. The zero-order valence-electron chi connectivity index (χ0n) is 18.7. The third-order valence-corrected chi connectivity index (χ3v) is 6.39. The Kier molecular flexibility index (Phi) is 5.76. The van der Waals surface area contributed by atoms with Crippen LogP contribution in [0, 0.1) is 5.92 Å². The van der Waals surface area contributed by atoms with E-state index in [9.17, 15) is 4.79 Å². The first-order valence-electron chi connectivity index (χ1n) is 11.5. The van der Waals surface area contributed by atoms with Gasteiger partial charge >= 0.3 is 0 Å². The van der Waals surface area contributed by atoms with E-state index in [1.165, 1.54) is 0 Å². The lowest BCUT2D eigenvalue weighted by atomic mass is 10.1. The molecule has 3 aromatic rings. The standard InChI is InChI=1S/C24H29ClN6O/c1-16(2)13-21(32)29-9-4-10-30(12-11-29)23-20-15-26-31(19-6-3-5-18(25)14-19)24(20)28-22(27-23)17-7-8-17/h3,5-6,14-17H,4,7-13H2,1-2H3. The van der Waals surface area contributed by atoms with Gasteiger partial charge in [-0.1, -0.05) is 31.5 Å². The van der Waals surface area contributed by atoms with Gasteiger partial charge < -0.3 is 9.80 Å². The number of anilines is 1. The van der Waals surface area contributed by atoms with Crippen LogP contribution in [0.3, 0.4) is 0 Å². The van der Waals surface area contributed by atoms with Crippen LogP contribution in [0.25, 0.3) is 16.7 Å². The van der Waals surface area contributed by atoms with E-state index in [4.69, 9.17) is 21.6 Å². The Morgan fingerprint density at radius 3 is 2.75 bits per heavy atom. The second kappa shape index (κ2) is 8.70. The molecule has 0 radical (unpaired) electrons. The molecule has 168 valence electrons. The molecule has 1 amide bonds. The van der Waals surface area contributed by atoms with E-state index in [-0.39, 0.29) is 5.91 Å². The van der Waals surface area contributed by atoms with Crippen LogP contribution < -0.4 is 4.90 Å². The summed E-state index contributed by atoms with van der Waals surface area (Å²) < 4.78 is 1.86. The minimum Gasteiger partial charge on any atom is -0.354 e. The van der Waals surface area contributed by atoms with Gasteiger partial charge in [-0.3, -0.25) is 4.79 Å². The fourth-order valence-corrected chi connectivity index (χ4v) is 4.51. The SMILES string of the molecule is CC(C)CC(=O)N1CCCN(c2nc(C3CC3)nc3c2cnn3-c2cccc(Cl)c2)CC1. The number of benzene rings is 1. The van der Waals surface area contributed by atoms with Crippen LogP contribution in [0.4, 0.5) is 5.82 Å². The van der Waals surface area contributed by atoms with E-state index in [1.54, 1.807) is 0 Å². The average Bonchev–Trinajstić information content (AvgIpc) is 3.56. The third-order valence-electron chi connectivity index (χ3n) is 6.15. The van der Waals surface area contributed by atoms with Crippen molar-refractivity contribution in [1.29, 1.82) is 0 Å². The zero-order valence-corrected chi connectivity index (χ0v) is 19.4. The van der Waals surface area contributed by atoms with Gasteiger partial charge in [-0.25, -0.2) is 14.6 Å². The monoisotopic (exact) mass is 452 g/mol. The van der Waals surface area contributed by atoms with Crippen LogP contribution in [0.2, 0.25) is 5.02 Å². The highest BCUT2D eigenvalue weighted by Crippen LogP contribution is 2.40. The van der Waals surface area contributed by atoms with E-state index in [0.29, 0.717) is 23.3 Å². The largest absolute Gasteiger partial charge is 0.354 e. The molecule has 2 aliphatic rings. The molecule has 1 aromatic carbocycles. The Morgan fingerprint density at radius 1 is 1.16 bits per heavy atom. The normalized spacial score (nSPS) is 17.2. The van der Waals surface area contributed by atoms with E-state index in [0.717, 1.165) is 73.8 Å². The second-order valence-electron chi connectivity index (χ2n) is 9.27. The van der Waals surface area contributed by atoms with Crippen molar-refractivity contribution >= 4 is 34.4 Å². The fraction of sp³-hybridized carbons (Fsp3) is 0.500.